The van der Waals surface area contributed by atoms with E-state index < -0.39 is 35.0 Å². The summed E-state index contributed by atoms with van der Waals surface area (Å²) >= 11 is 0. The summed E-state index contributed by atoms with van der Waals surface area (Å²) < 4.78 is 50.5. The van der Waals surface area contributed by atoms with E-state index in [1.807, 2.05) is 0 Å². The number of methoxy groups -OCH3 is 2. The minimum absolute atomic E-state index is 0.0134. The van der Waals surface area contributed by atoms with Gasteiger partial charge in [-0.2, -0.15) is 0 Å². The third-order valence-corrected chi connectivity index (χ3v) is 4.47. The van der Waals surface area contributed by atoms with E-state index in [2.05, 4.69) is 5.32 Å². The molecule has 6 nitrogen and oxygen atoms in total. The van der Waals surface area contributed by atoms with E-state index in [0.717, 1.165) is 6.07 Å². The molecule has 28 heavy (non-hydrogen) atoms. The minimum Gasteiger partial charge on any atom is -0.497 e. The van der Waals surface area contributed by atoms with Crippen LogP contribution in [0, 0.1) is 23.4 Å². The van der Waals surface area contributed by atoms with Crippen LogP contribution in [0.15, 0.2) is 30.3 Å². The van der Waals surface area contributed by atoms with Gasteiger partial charge in [0.2, 0.25) is 11.8 Å². The number of benzene rings is 2. The number of nitrogens with one attached hydrogen (secondary N) is 1. The van der Waals surface area contributed by atoms with Crippen molar-refractivity contribution in [2.75, 3.05) is 31.0 Å². The SMILES string of the molecule is COc1ccc(OC)c(N2CC(C(=O)Nc3ccc(F)c(F)c3F)CC2=O)c1. The number of carbonyl (C=O) groups is 2. The highest BCUT2D eigenvalue weighted by atomic mass is 19.2. The Morgan fingerprint density at radius 1 is 1.11 bits per heavy atom. The van der Waals surface area contributed by atoms with Gasteiger partial charge in [-0.15, -0.1) is 0 Å². The Morgan fingerprint density at radius 2 is 1.86 bits per heavy atom. The van der Waals surface area contributed by atoms with Crippen LogP contribution in [-0.4, -0.2) is 32.6 Å². The quantitative estimate of drug-likeness (QED) is 0.792. The van der Waals surface area contributed by atoms with Crippen LogP contribution < -0.4 is 19.7 Å². The van der Waals surface area contributed by atoms with Crippen LogP contribution in [0.2, 0.25) is 0 Å². The first-order chi connectivity index (χ1) is 13.3. The molecule has 2 aromatic rings. The number of halogens is 3. The lowest BCUT2D eigenvalue weighted by molar-refractivity contribution is -0.122. The molecule has 0 saturated carbocycles. The molecule has 0 bridgehead atoms. The van der Waals surface area contributed by atoms with E-state index in [-0.39, 0.29) is 18.9 Å². The summed E-state index contributed by atoms with van der Waals surface area (Å²) in [6.45, 7) is 0.0134. The zero-order valence-electron chi connectivity index (χ0n) is 15.1. The largest absolute Gasteiger partial charge is 0.497 e. The Bertz CT molecular complexity index is 936. The van der Waals surface area contributed by atoms with Gasteiger partial charge in [0.05, 0.1) is 31.5 Å². The van der Waals surface area contributed by atoms with Crippen LogP contribution in [0.3, 0.4) is 0 Å². The molecule has 1 fully saturated rings. The first-order valence-corrected chi connectivity index (χ1v) is 8.32. The monoisotopic (exact) mass is 394 g/mol. The average Bonchev–Trinajstić information content (AvgIpc) is 3.09. The third-order valence-electron chi connectivity index (χ3n) is 4.47. The highest BCUT2D eigenvalue weighted by Gasteiger charge is 2.37. The van der Waals surface area contributed by atoms with E-state index in [0.29, 0.717) is 23.3 Å². The van der Waals surface area contributed by atoms with Crippen LogP contribution in [-0.2, 0) is 9.59 Å². The highest BCUT2D eigenvalue weighted by Crippen LogP contribution is 2.36. The lowest BCUT2D eigenvalue weighted by atomic mass is 10.1. The van der Waals surface area contributed by atoms with Crippen LogP contribution in [0.5, 0.6) is 11.5 Å². The number of amides is 2. The summed E-state index contributed by atoms with van der Waals surface area (Å²) in [6.07, 6.45) is -0.127. The summed E-state index contributed by atoms with van der Waals surface area (Å²) in [5.41, 5.74) is -0.0603. The second-order valence-corrected chi connectivity index (χ2v) is 6.16. The first-order valence-electron chi connectivity index (χ1n) is 8.32. The standard InChI is InChI=1S/C19H17F3N2O4/c1-27-11-3-6-15(28-2)14(8-11)24-9-10(7-16(24)25)19(26)23-13-5-4-12(20)17(21)18(13)22/h3-6,8,10H,7,9H2,1-2H3,(H,23,26). The Balaban J connectivity index is 1.79. The van der Waals surface area contributed by atoms with E-state index in [4.69, 9.17) is 9.47 Å². The summed E-state index contributed by atoms with van der Waals surface area (Å²) in [5.74, 6) is -5.44. The average molecular weight is 394 g/mol. The Labute approximate surface area is 158 Å². The van der Waals surface area contributed by atoms with Gasteiger partial charge in [0.1, 0.15) is 11.5 Å². The van der Waals surface area contributed by atoms with Crippen molar-refractivity contribution in [1.29, 1.82) is 0 Å². The summed E-state index contributed by atoms with van der Waals surface area (Å²) in [6, 6.07) is 6.53. The Kier molecular flexibility index (Phi) is 5.43. The van der Waals surface area contributed by atoms with Crippen molar-refractivity contribution >= 4 is 23.2 Å². The second-order valence-electron chi connectivity index (χ2n) is 6.16. The molecule has 0 aliphatic carbocycles. The van der Waals surface area contributed by atoms with Gasteiger partial charge in [0.15, 0.2) is 17.5 Å². The maximum absolute atomic E-state index is 13.8. The molecule has 1 saturated heterocycles. The van der Waals surface area contributed by atoms with Gasteiger partial charge in [-0.25, -0.2) is 13.2 Å². The Morgan fingerprint density at radius 3 is 2.54 bits per heavy atom. The number of hydrogen-bond acceptors (Lipinski definition) is 4. The van der Waals surface area contributed by atoms with Crippen molar-refractivity contribution in [2.45, 2.75) is 6.42 Å². The molecular formula is C19H17F3N2O4. The smallest absolute Gasteiger partial charge is 0.229 e. The van der Waals surface area contributed by atoms with Gasteiger partial charge in [0, 0.05) is 19.0 Å². The molecule has 0 spiro atoms. The molecule has 3 rings (SSSR count). The minimum atomic E-state index is -1.68. The molecule has 0 radical (unpaired) electrons. The summed E-state index contributed by atoms with van der Waals surface area (Å²) in [4.78, 5) is 26.2. The molecular weight excluding hydrogens is 377 g/mol. The predicted molar refractivity (Wildman–Crippen MR) is 95.0 cm³/mol. The molecule has 1 unspecified atom stereocenters. The fourth-order valence-electron chi connectivity index (χ4n) is 2.98. The fraction of sp³-hybridized carbons (Fsp3) is 0.263. The zero-order valence-corrected chi connectivity index (χ0v) is 15.1. The summed E-state index contributed by atoms with van der Waals surface area (Å²) in [7, 11) is 2.92. The Hall–Kier alpha value is -3.23. The van der Waals surface area contributed by atoms with Crippen LogP contribution >= 0.6 is 0 Å². The van der Waals surface area contributed by atoms with Gasteiger partial charge in [-0.3, -0.25) is 9.59 Å². The molecule has 1 heterocycles. The number of ether oxygens (including phenoxy) is 2. The van der Waals surface area contributed by atoms with Gasteiger partial charge < -0.3 is 19.7 Å². The van der Waals surface area contributed by atoms with Crippen molar-refractivity contribution < 1.29 is 32.2 Å². The van der Waals surface area contributed by atoms with E-state index in [9.17, 15) is 22.8 Å². The maximum Gasteiger partial charge on any atom is 0.229 e. The fourth-order valence-corrected chi connectivity index (χ4v) is 2.98. The number of rotatable bonds is 5. The molecule has 1 aliphatic rings. The maximum atomic E-state index is 13.8. The molecule has 1 N–H and O–H groups in total. The normalized spacial score (nSPS) is 16.2. The van der Waals surface area contributed by atoms with Crippen molar-refractivity contribution in [3.05, 3.63) is 47.8 Å². The van der Waals surface area contributed by atoms with Gasteiger partial charge in [-0.1, -0.05) is 0 Å². The highest BCUT2D eigenvalue weighted by molar-refractivity contribution is 6.04. The van der Waals surface area contributed by atoms with Crippen molar-refractivity contribution in [2.24, 2.45) is 5.92 Å². The van der Waals surface area contributed by atoms with Crippen molar-refractivity contribution in [3.63, 3.8) is 0 Å². The number of nitrogens with zero attached hydrogens (tertiary/aromatic N) is 1. The number of carbonyl (C=O) groups excluding carboxylic acids is 2. The van der Waals surface area contributed by atoms with E-state index in [1.54, 1.807) is 18.2 Å². The van der Waals surface area contributed by atoms with Crippen molar-refractivity contribution in [3.8, 4) is 11.5 Å². The third kappa shape index (κ3) is 3.60. The van der Waals surface area contributed by atoms with Crippen molar-refractivity contribution in [1.82, 2.24) is 0 Å². The number of hydrogen-bond donors (Lipinski definition) is 1. The lowest BCUT2D eigenvalue weighted by Crippen LogP contribution is -2.28. The van der Waals surface area contributed by atoms with Crippen LogP contribution in [0.4, 0.5) is 24.5 Å². The molecule has 2 aromatic carbocycles. The summed E-state index contributed by atoms with van der Waals surface area (Å²) in [5, 5.41) is 2.21. The molecule has 148 valence electrons. The predicted octanol–water partition coefficient (Wildman–Crippen LogP) is 3.11. The molecule has 0 aromatic heterocycles. The molecule has 2 amide bonds. The van der Waals surface area contributed by atoms with Gasteiger partial charge >= 0.3 is 0 Å². The zero-order chi connectivity index (χ0) is 20.4. The topological polar surface area (TPSA) is 67.9 Å². The second kappa shape index (κ2) is 7.79. The lowest BCUT2D eigenvalue weighted by Gasteiger charge is -2.20. The van der Waals surface area contributed by atoms with E-state index in [1.165, 1.54) is 19.1 Å². The van der Waals surface area contributed by atoms with Gasteiger partial charge in [0.25, 0.3) is 0 Å². The van der Waals surface area contributed by atoms with Crippen LogP contribution in [0.1, 0.15) is 6.42 Å². The number of anilines is 2. The first kappa shape index (κ1) is 19.5. The van der Waals surface area contributed by atoms with E-state index >= 15 is 0 Å². The molecule has 1 aliphatic heterocycles. The van der Waals surface area contributed by atoms with Crippen LogP contribution in [0.25, 0.3) is 0 Å². The van der Waals surface area contributed by atoms with Gasteiger partial charge in [-0.05, 0) is 24.3 Å². The molecule has 1 atom stereocenters. The molecule has 9 heteroatoms.